The minimum absolute atomic E-state index is 0.313. The van der Waals surface area contributed by atoms with Gasteiger partial charge in [-0.15, -0.1) is 0 Å². The van der Waals surface area contributed by atoms with Crippen LogP contribution in [0.4, 0.5) is 0 Å². The van der Waals surface area contributed by atoms with E-state index in [1.165, 1.54) is 0 Å². The predicted octanol–water partition coefficient (Wildman–Crippen LogP) is 0.139. The lowest BCUT2D eigenvalue weighted by Gasteiger charge is -1.97. The summed E-state index contributed by atoms with van der Waals surface area (Å²) in [4.78, 5) is 20.4. The first-order chi connectivity index (χ1) is 4.66. The third-order valence-electron chi connectivity index (χ3n) is 0.818. The van der Waals surface area contributed by atoms with Crippen LogP contribution in [0.1, 0.15) is 19.8 Å². The zero-order valence-electron chi connectivity index (χ0n) is 5.85. The largest absolute Gasteiger partial charge is 0.455 e. The number of esters is 1. The number of hydrogen-bond acceptors (Lipinski definition) is 3. The molecule has 4 heteroatoms. The Morgan fingerprint density at radius 3 is 2.50 bits per heavy atom. The molecule has 0 aliphatic carbocycles. The van der Waals surface area contributed by atoms with Gasteiger partial charge < -0.3 is 4.74 Å². The van der Waals surface area contributed by atoms with E-state index in [1.807, 2.05) is 6.92 Å². The molecule has 0 saturated carbocycles. The Labute approximate surface area is 59.3 Å². The van der Waals surface area contributed by atoms with Crippen LogP contribution >= 0.6 is 0 Å². The van der Waals surface area contributed by atoms with E-state index in [4.69, 9.17) is 5.73 Å². The molecule has 0 rings (SSSR count). The molecule has 0 spiro atoms. The summed E-state index contributed by atoms with van der Waals surface area (Å²) in [6.07, 6.45) is 1.01. The van der Waals surface area contributed by atoms with E-state index < -0.39 is 18.5 Å². The number of hydrogen-bond donors (Lipinski definition) is 0. The van der Waals surface area contributed by atoms with Crippen LogP contribution in [-0.4, -0.2) is 18.5 Å². The maximum absolute atomic E-state index is 10.5. The zero-order valence-corrected chi connectivity index (χ0v) is 5.85. The number of rotatable bonds is 4. The monoisotopic (exact) mass is 144 g/mol. The first kappa shape index (κ1) is 8.94. The molecule has 4 nitrogen and oxygen atoms in total. The van der Waals surface area contributed by atoms with Gasteiger partial charge in [-0.25, -0.2) is 0 Å². The quantitative estimate of drug-likeness (QED) is 0.527. The van der Waals surface area contributed by atoms with Crippen molar-refractivity contribution in [3.63, 3.8) is 0 Å². The van der Waals surface area contributed by atoms with Gasteiger partial charge in [0, 0.05) is 6.42 Å². The van der Waals surface area contributed by atoms with Crippen molar-refractivity contribution in [1.82, 2.24) is 5.73 Å². The number of nitrogens with one attached hydrogen (secondary N) is 1. The zero-order chi connectivity index (χ0) is 7.98. The topological polar surface area (TPSA) is 67.2 Å². The summed E-state index contributed by atoms with van der Waals surface area (Å²) in [5.74, 6) is -1.28. The van der Waals surface area contributed by atoms with Crippen molar-refractivity contribution in [2.45, 2.75) is 19.8 Å². The summed E-state index contributed by atoms with van der Waals surface area (Å²) < 4.78 is 4.37. The summed E-state index contributed by atoms with van der Waals surface area (Å²) in [5, 5.41) is 0. The SMILES string of the molecule is CCCC(=O)OCC([NH])=O. The highest BCUT2D eigenvalue weighted by Crippen LogP contribution is 1.89. The lowest BCUT2D eigenvalue weighted by molar-refractivity contribution is -0.147. The first-order valence-corrected chi connectivity index (χ1v) is 3.07. The van der Waals surface area contributed by atoms with Crippen molar-refractivity contribution in [2.75, 3.05) is 6.61 Å². The highest BCUT2D eigenvalue weighted by atomic mass is 16.5. The molecule has 0 heterocycles. The van der Waals surface area contributed by atoms with E-state index in [-0.39, 0.29) is 0 Å². The van der Waals surface area contributed by atoms with Crippen LogP contribution in [0.2, 0.25) is 0 Å². The van der Waals surface area contributed by atoms with E-state index in [9.17, 15) is 9.59 Å². The van der Waals surface area contributed by atoms with Crippen LogP contribution in [0.25, 0.3) is 0 Å². The summed E-state index contributed by atoms with van der Waals surface area (Å²) in [6, 6.07) is 0. The molecule has 0 saturated heterocycles. The summed E-state index contributed by atoms with van der Waals surface area (Å²) >= 11 is 0. The number of carbonyl (C=O) groups is 2. The molecule has 10 heavy (non-hydrogen) atoms. The Morgan fingerprint density at radius 2 is 2.10 bits per heavy atom. The molecule has 0 atom stereocenters. The Balaban J connectivity index is 3.30. The molecular weight excluding hydrogens is 134 g/mol. The Hall–Kier alpha value is -1.06. The van der Waals surface area contributed by atoms with Gasteiger partial charge in [0.25, 0.3) is 5.91 Å². The van der Waals surface area contributed by atoms with Gasteiger partial charge in [0.15, 0.2) is 6.61 Å². The second-order valence-electron chi connectivity index (χ2n) is 1.83. The molecule has 0 fully saturated rings. The van der Waals surface area contributed by atoms with Crippen LogP contribution in [-0.2, 0) is 14.3 Å². The van der Waals surface area contributed by atoms with Crippen molar-refractivity contribution in [3.8, 4) is 0 Å². The normalized spacial score (nSPS) is 8.90. The number of ether oxygens (including phenoxy) is 1. The van der Waals surface area contributed by atoms with Gasteiger partial charge in [0.1, 0.15) is 0 Å². The Morgan fingerprint density at radius 1 is 1.50 bits per heavy atom. The van der Waals surface area contributed by atoms with Crippen LogP contribution in [0.15, 0.2) is 0 Å². The van der Waals surface area contributed by atoms with E-state index in [0.29, 0.717) is 12.8 Å². The van der Waals surface area contributed by atoms with E-state index >= 15 is 0 Å². The average Bonchev–Trinajstić information content (AvgIpc) is 1.85. The third kappa shape index (κ3) is 5.08. The van der Waals surface area contributed by atoms with Crippen molar-refractivity contribution < 1.29 is 14.3 Å². The number of carbonyl (C=O) groups excluding carboxylic acids is 2. The van der Waals surface area contributed by atoms with Crippen molar-refractivity contribution in [2.24, 2.45) is 0 Å². The molecule has 57 valence electrons. The van der Waals surface area contributed by atoms with Gasteiger partial charge >= 0.3 is 5.97 Å². The van der Waals surface area contributed by atoms with Gasteiger partial charge in [0.2, 0.25) is 0 Å². The number of amides is 1. The predicted molar refractivity (Wildman–Crippen MR) is 34.0 cm³/mol. The standard InChI is InChI=1S/C6H10NO3/c1-2-3-6(9)10-4-5(7)8/h7H,2-4H2,1H3. The molecular formula is C6H10NO3. The minimum Gasteiger partial charge on any atom is -0.455 e. The van der Waals surface area contributed by atoms with E-state index in [1.54, 1.807) is 0 Å². The van der Waals surface area contributed by atoms with Gasteiger partial charge in [-0.3, -0.25) is 15.3 Å². The summed E-state index contributed by atoms with van der Waals surface area (Å²) in [7, 11) is 0. The first-order valence-electron chi connectivity index (χ1n) is 3.07. The molecule has 1 amide bonds. The molecule has 0 unspecified atom stereocenters. The lowest BCUT2D eigenvalue weighted by atomic mass is 10.3. The van der Waals surface area contributed by atoms with Crippen LogP contribution in [0.5, 0.6) is 0 Å². The molecule has 0 aromatic heterocycles. The maximum atomic E-state index is 10.5. The van der Waals surface area contributed by atoms with Gasteiger partial charge in [-0.05, 0) is 6.42 Å². The van der Waals surface area contributed by atoms with Gasteiger partial charge in [-0.1, -0.05) is 6.92 Å². The van der Waals surface area contributed by atoms with Crippen LogP contribution < -0.4 is 5.73 Å². The Bertz CT molecular complexity index is 133. The highest BCUT2D eigenvalue weighted by molar-refractivity contribution is 5.78. The highest BCUT2D eigenvalue weighted by Gasteiger charge is 2.02. The fraction of sp³-hybridized carbons (Fsp3) is 0.667. The summed E-state index contributed by atoms with van der Waals surface area (Å²) in [5.41, 5.74) is 6.39. The smallest absolute Gasteiger partial charge is 0.306 e. The molecule has 0 aliphatic rings. The van der Waals surface area contributed by atoms with Gasteiger partial charge in [-0.2, -0.15) is 0 Å². The lowest BCUT2D eigenvalue weighted by Crippen LogP contribution is -2.13. The Kier molecular flexibility index (Phi) is 4.28. The average molecular weight is 144 g/mol. The molecule has 0 aliphatic heterocycles. The van der Waals surface area contributed by atoms with Crippen LogP contribution in [0, 0.1) is 0 Å². The second-order valence-corrected chi connectivity index (χ2v) is 1.83. The fourth-order valence-corrected chi connectivity index (χ4v) is 0.422. The molecule has 0 aromatic carbocycles. The second kappa shape index (κ2) is 4.78. The van der Waals surface area contributed by atoms with Crippen LogP contribution in [0.3, 0.4) is 0 Å². The van der Waals surface area contributed by atoms with Crippen molar-refractivity contribution in [3.05, 3.63) is 0 Å². The molecule has 0 aromatic rings. The van der Waals surface area contributed by atoms with Crippen molar-refractivity contribution in [1.29, 1.82) is 0 Å². The van der Waals surface area contributed by atoms with Crippen molar-refractivity contribution >= 4 is 11.9 Å². The molecule has 1 radical (unpaired) electrons. The molecule has 0 bridgehead atoms. The maximum Gasteiger partial charge on any atom is 0.306 e. The van der Waals surface area contributed by atoms with E-state index in [0.717, 1.165) is 0 Å². The fourth-order valence-electron chi connectivity index (χ4n) is 0.422. The third-order valence-corrected chi connectivity index (χ3v) is 0.818. The van der Waals surface area contributed by atoms with Gasteiger partial charge in [0.05, 0.1) is 0 Å². The minimum atomic E-state index is -0.871. The molecule has 1 N–H and O–H groups in total. The summed E-state index contributed by atoms with van der Waals surface area (Å²) in [6.45, 7) is 1.42. The van der Waals surface area contributed by atoms with E-state index in [2.05, 4.69) is 4.74 Å².